The Kier molecular flexibility index (Phi) is 2.47. The molecular weight excluding hydrogens is 150 g/mol. The fourth-order valence-corrected chi connectivity index (χ4v) is 1.19. The van der Waals surface area contributed by atoms with Crippen LogP contribution in [0.3, 0.4) is 0 Å². The number of rotatable bonds is 1. The van der Waals surface area contributed by atoms with Crippen molar-refractivity contribution in [1.82, 2.24) is 0 Å². The van der Waals surface area contributed by atoms with E-state index in [9.17, 15) is 5.11 Å². The number of aliphatic hydroxyl groups excluding tert-OH is 1. The summed E-state index contributed by atoms with van der Waals surface area (Å²) in [5.74, 6) is 0. The van der Waals surface area contributed by atoms with Crippen LogP contribution in [0.5, 0.6) is 0 Å². The van der Waals surface area contributed by atoms with Gasteiger partial charge in [0.15, 0.2) is 0 Å². The molecule has 62 valence electrons. The third-order valence-corrected chi connectivity index (χ3v) is 1.87. The Labute approximate surface area is 72.1 Å². The standard InChI is InChI=1S/C10H11NO/c1-7-4-3-5-9(8(2)12)10(7)6-11/h3-5,8,12H,1-2H3. The van der Waals surface area contributed by atoms with Crippen molar-refractivity contribution in [3.05, 3.63) is 34.9 Å². The second-order valence-corrected chi connectivity index (χ2v) is 2.83. The zero-order chi connectivity index (χ0) is 9.14. The van der Waals surface area contributed by atoms with Crippen LogP contribution in [0, 0.1) is 18.3 Å². The molecule has 0 aliphatic rings. The monoisotopic (exact) mass is 161 g/mol. The van der Waals surface area contributed by atoms with E-state index in [-0.39, 0.29) is 0 Å². The summed E-state index contributed by atoms with van der Waals surface area (Å²) in [6, 6.07) is 7.57. The first-order chi connectivity index (χ1) is 5.66. The average Bonchev–Trinajstić information content (AvgIpc) is 2.03. The molecule has 0 heterocycles. The molecule has 1 unspecified atom stereocenters. The minimum absolute atomic E-state index is 0.570. The molecule has 0 saturated heterocycles. The SMILES string of the molecule is Cc1cccc(C(C)O)c1C#N. The Morgan fingerprint density at radius 3 is 2.58 bits per heavy atom. The first-order valence-electron chi connectivity index (χ1n) is 3.84. The van der Waals surface area contributed by atoms with Crippen LogP contribution in [0.25, 0.3) is 0 Å². The number of aliphatic hydroxyl groups is 1. The number of hydrogen-bond donors (Lipinski definition) is 1. The van der Waals surface area contributed by atoms with Crippen molar-refractivity contribution in [3.8, 4) is 6.07 Å². The first-order valence-corrected chi connectivity index (χ1v) is 3.84. The quantitative estimate of drug-likeness (QED) is 0.683. The highest BCUT2D eigenvalue weighted by molar-refractivity contribution is 5.44. The molecule has 2 nitrogen and oxygen atoms in total. The molecule has 0 spiro atoms. The number of aryl methyl sites for hydroxylation is 1. The van der Waals surface area contributed by atoms with Crippen molar-refractivity contribution in [3.63, 3.8) is 0 Å². The lowest BCUT2D eigenvalue weighted by molar-refractivity contribution is 0.199. The van der Waals surface area contributed by atoms with E-state index in [0.717, 1.165) is 5.56 Å². The zero-order valence-electron chi connectivity index (χ0n) is 7.20. The molecule has 0 bridgehead atoms. The molecule has 0 radical (unpaired) electrons. The minimum atomic E-state index is -0.570. The summed E-state index contributed by atoms with van der Waals surface area (Å²) >= 11 is 0. The molecule has 0 amide bonds. The molecule has 0 aliphatic heterocycles. The lowest BCUT2D eigenvalue weighted by atomic mass is 10.00. The molecule has 0 saturated carbocycles. The fourth-order valence-electron chi connectivity index (χ4n) is 1.19. The number of hydrogen-bond acceptors (Lipinski definition) is 2. The first kappa shape index (κ1) is 8.76. The van der Waals surface area contributed by atoms with Crippen LogP contribution in [-0.4, -0.2) is 5.11 Å². The van der Waals surface area contributed by atoms with E-state index in [4.69, 9.17) is 5.26 Å². The smallest absolute Gasteiger partial charge is 0.0998 e. The van der Waals surface area contributed by atoms with E-state index in [1.165, 1.54) is 0 Å². The summed E-state index contributed by atoms with van der Waals surface area (Å²) in [6.45, 7) is 3.53. The summed E-state index contributed by atoms with van der Waals surface area (Å²) in [4.78, 5) is 0. The predicted octanol–water partition coefficient (Wildman–Crippen LogP) is 1.92. The minimum Gasteiger partial charge on any atom is -0.389 e. The highest BCUT2D eigenvalue weighted by atomic mass is 16.3. The van der Waals surface area contributed by atoms with E-state index < -0.39 is 6.10 Å². The second-order valence-electron chi connectivity index (χ2n) is 2.83. The topological polar surface area (TPSA) is 44.0 Å². The van der Waals surface area contributed by atoms with Gasteiger partial charge in [0.2, 0.25) is 0 Å². The van der Waals surface area contributed by atoms with Crippen molar-refractivity contribution in [2.45, 2.75) is 20.0 Å². The number of benzene rings is 1. The highest BCUT2D eigenvalue weighted by Crippen LogP contribution is 2.19. The van der Waals surface area contributed by atoms with Crippen molar-refractivity contribution in [1.29, 1.82) is 5.26 Å². The third-order valence-electron chi connectivity index (χ3n) is 1.87. The zero-order valence-corrected chi connectivity index (χ0v) is 7.20. The van der Waals surface area contributed by atoms with Gasteiger partial charge in [-0.05, 0) is 25.0 Å². The van der Waals surface area contributed by atoms with Gasteiger partial charge in [0, 0.05) is 0 Å². The Balaban J connectivity index is 3.30. The van der Waals surface area contributed by atoms with Crippen LogP contribution >= 0.6 is 0 Å². The summed E-state index contributed by atoms with van der Waals surface area (Å²) < 4.78 is 0. The molecule has 1 N–H and O–H groups in total. The number of nitriles is 1. The van der Waals surface area contributed by atoms with Crippen LogP contribution in [-0.2, 0) is 0 Å². The molecule has 12 heavy (non-hydrogen) atoms. The van der Waals surface area contributed by atoms with Crippen molar-refractivity contribution in [2.75, 3.05) is 0 Å². The average molecular weight is 161 g/mol. The molecule has 0 fully saturated rings. The Morgan fingerprint density at radius 1 is 1.50 bits per heavy atom. The number of nitrogens with zero attached hydrogens (tertiary/aromatic N) is 1. The van der Waals surface area contributed by atoms with Gasteiger partial charge in [-0.3, -0.25) is 0 Å². The Bertz CT molecular complexity index is 323. The summed E-state index contributed by atoms with van der Waals surface area (Å²) in [7, 11) is 0. The highest BCUT2D eigenvalue weighted by Gasteiger charge is 2.08. The van der Waals surface area contributed by atoms with E-state index in [2.05, 4.69) is 6.07 Å². The summed E-state index contributed by atoms with van der Waals surface area (Å²) in [5, 5.41) is 18.1. The van der Waals surface area contributed by atoms with E-state index in [1.807, 2.05) is 19.1 Å². The van der Waals surface area contributed by atoms with Gasteiger partial charge < -0.3 is 5.11 Å². The lowest BCUT2D eigenvalue weighted by Crippen LogP contribution is -1.97. The lowest BCUT2D eigenvalue weighted by Gasteiger charge is -2.08. The summed E-state index contributed by atoms with van der Waals surface area (Å²) in [6.07, 6.45) is -0.570. The molecule has 0 aliphatic carbocycles. The maximum Gasteiger partial charge on any atom is 0.0998 e. The van der Waals surface area contributed by atoms with Gasteiger partial charge >= 0.3 is 0 Å². The third kappa shape index (κ3) is 1.46. The molecule has 1 aromatic carbocycles. The van der Waals surface area contributed by atoms with Crippen molar-refractivity contribution in [2.24, 2.45) is 0 Å². The van der Waals surface area contributed by atoms with Crippen LogP contribution in [0.15, 0.2) is 18.2 Å². The van der Waals surface area contributed by atoms with Gasteiger partial charge in [-0.15, -0.1) is 0 Å². The Morgan fingerprint density at radius 2 is 2.17 bits per heavy atom. The van der Waals surface area contributed by atoms with Gasteiger partial charge in [0.1, 0.15) is 0 Å². The Hall–Kier alpha value is -1.33. The van der Waals surface area contributed by atoms with Gasteiger partial charge in [0.05, 0.1) is 17.7 Å². The molecular formula is C10H11NO. The predicted molar refractivity (Wildman–Crippen MR) is 46.5 cm³/mol. The van der Waals surface area contributed by atoms with Crippen molar-refractivity contribution < 1.29 is 5.11 Å². The molecule has 2 heteroatoms. The molecule has 0 aromatic heterocycles. The van der Waals surface area contributed by atoms with Crippen LogP contribution in [0.1, 0.15) is 29.7 Å². The largest absolute Gasteiger partial charge is 0.389 e. The molecule has 1 rings (SSSR count). The van der Waals surface area contributed by atoms with Crippen LogP contribution < -0.4 is 0 Å². The van der Waals surface area contributed by atoms with Gasteiger partial charge in [-0.25, -0.2) is 0 Å². The van der Waals surface area contributed by atoms with Gasteiger partial charge in [-0.2, -0.15) is 5.26 Å². The van der Waals surface area contributed by atoms with E-state index >= 15 is 0 Å². The maximum atomic E-state index is 9.31. The molecule has 1 aromatic rings. The molecule has 1 atom stereocenters. The van der Waals surface area contributed by atoms with E-state index in [0.29, 0.717) is 11.1 Å². The van der Waals surface area contributed by atoms with E-state index in [1.54, 1.807) is 13.0 Å². The van der Waals surface area contributed by atoms with Crippen molar-refractivity contribution >= 4 is 0 Å². The second kappa shape index (κ2) is 3.38. The van der Waals surface area contributed by atoms with Gasteiger partial charge in [0.25, 0.3) is 0 Å². The maximum absolute atomic E-state index is 9.31. The fraction of sp³-hybridized carbons (Fsp3) is 0.300. The normalized spacial score (nSPS) is 12.2. The summed E-state index contributed by atoms with van der Waals surface area (Å²) in [5.41, 5.74) is 2.21. The van der Waals surface area contributed by atoms with Crippen LogP contribution in [0.2, 0.25) is 0 Å². The van der Waals surface area contributed by atoms with Crippen LogP contribution in [0.4, 0.5) is 0 Å². The van der Waals surface area contributed by atoms with Gasteiger partial charge in [-0.1, -0.05) is 18.2 Å².